The van der Waals surface area contributed by atoms with E-state index in [9.17, 15) is 20.4 Å². The van der Waals surface area contributed by atoms with Crippen molar-refractivity contribution in [1.82, 2.24) is 4.90 Å². The van der Waals surface area contributed by atoms with Crippen molar-refractivity contribution in [3.05, 3.63) is 0 Å². The van der Waals surface area contributed by atoms with Crippen LogP contribution in [0.3, 0.4) is 0 Å². The van der Waals surface area contributed by atoms with Crippen LogP contribution in [0.1, 0.15) is 39.5 Å². The minimum atomic E-state index is -1.16. The van der Waals surface area contributed by atoms with Crippen molar-refractivity contribution < 1.29 is 20.4 Å². The van der Waals surface area contributed by atoms with Crippen LogP contribution >= 0.6 is 0 Å². The van der Waals surface area contributed by atoms with Crippen LogP contribution in [0.25, 0.3) is 0 Å². The van der Waals surface area contributed by atoms with Crippen LogP contribution in [0.5, 0.6) is 0 Å². The van der Waals surface area contributed by atoms with E-state index in [1.54, 1.807) is 0 Å². The number of likely N-dealkylation sites (tertiary alicyclic amines) is 1. The molecule has 19 heavy (non-hydrogen) atoms. The monoisotopic (exact) mass is 275 g/mol. The molecule has 1 aliphatic heterocycles. The van der Waals surface area contributed by atoms with Gasteiger partial charge >= 0.3 is 0 Å². The molecular formula is C14H29NO4. The predicted molar refractivity (Wildman–Crippen MR) is 73.8 cm³/mol. The largest absolute Gasteiger partial charge is 0.395 e. The Bertz CT molecular complexity index is 252. The van der Waals surface area contributed by atoms with Crippen LogP contribution in [0.4, 0.5) is 0 Å². The molecule has 0 aliphatic carbocycles. The van der Waals surface area contributed by atoms with Gasteiger partial charge in [0.05, 0.1) is 18.8 Å². The Hall–Kier alpha value is -0.200. The second kappa shape index (κ2) is 8.17. The average molecular weight is 275 g/mol. The molecule has 1 aliphatic rings. The molecule has 0 amide bonds. The predicted octanol–water partition coefficient (Wildman–Crippen LogP) is -0.0380. The molecule has 0 bridgehead atoms. The Balaban J connectivity index is 2.62. The number of aliphatic hydroxyl groups is 4. The van der Waals surface area contributed by atoms with Gasteiger partial charge in [-0.15, -0.1) is 0 Å². The number of hydrogen-bond acceptors (Lipinski definition) is 5. The highest BCUT2D eigenvalue weighted by atomic mass is 16.4. The number of hydrogen-bond donors (Lipinski definition) is 4. The molecule has 5 heteroatoms. The van der Waals surface area contributed by atoms with Gasteiger partial charge in [0.15, 0.2) is 0 Å². The average Bonchev–Trinajstić information content (AvgIpc) is 2.41. The van der Waals surface area contributed by atoms with Crippen LogP contribution in [0, 0.1) is 5.92 Å². The Morgan fingerprint density at radius 1 is 1.16 bits per heavy atom. The van der Waals surface area contributed by atoms with Gasteiger partial charge in [-0.3, -0.25) is 4.90 Å². The smallest absolute Gasteiger partial charge is 0.109 e. The van der Waals surface area contributed by atoms with Crippen LogP contribution < -0.4 is 0 Å². The van der Waals surface area contributed by atoms with Gasteiger partial charge in [-0.1, -0.05) is 33.1 Å². The summed E-state index contributed by atoms with van der Waals surface area (Å²) in [6.07, 6.45) is 1.30. The van der Waals surface area contributed by atoms with Crippen molar-refractivity contribution in [1.29, 1.82) is 0 Å². The Labute approximate surface area is 115 Å². The van der Waals surface area contributed by atoms with Crippen molar-refractivity contribution in [2.75, 3.05) is 19.7 Å². The maximum absolute atomic E-state index is 9.93. The quantitative estimate of drug-likeness (QED) is 0.524. The lowest BCUT2D eigenvalue weighted by Crippen LogP contribution is -2.63. The number of β-amino-alcohol motifs (C(OH)–C–C–N with tert-alkyl or cyclic N) is 1. The van der Waals surface area contributed by atoms with Crippen molar-refractivity contribution in [3.63, 3.8) is 0 Å². The van der Waals surface area contributed by atoms with Crippen molar-refractivity contribution in [2.45, 2.75) is 63.9 Å². The summed E-state index contributed by atoms with van der Waals surface area (Å²) >= 11 is 0. The van der Waals surface area contributed by atoms with E-state index in [2.05, 4.69) is 13.8 Å². The fourth-order valence-corrected chi connectivity index (χ4v) is 2.84. The first-order valence-electron chi connectivity index (χ1n) is 7.44. The topological polar surface area (TPSA) is 84.2 Å². The molecule has 1 fully saturated rings. The number of rotatable bonds is 7. The first kappa shape index (κ1) is 16.9. The highest BCUT2D eigenvalue weighted by molar-refractivity contribution is 4.94. The van der Waals surface area contributed by atoms with E-state index < -0.39 is 24.4 Å². The van der Waals surface area contributed by atoms with Gasteiger partial charge < -0.3 is 20.4 Å². The lowest BCUT2D eigenvalue weighted by Gasteiger charge is -2.44. The summed E-state index contributed by atoms with van der Waals surface area (Å²) in [6.45, 7) is 5.16. The van der Waals surface area contributed by atoms with Gasteiger partial charge in [-0.2, -0.15) is 0 Å². The summed E-state index contributed by atoms with van der Waals surface area (Å²) in [5.74, 6) is 0.503. The van der Waals surface area contributed by atoms with Crippen LogP contribution in [-0.2, 0) is 0 Å². The summed E-state index contributed by atoms with van der Waals surface area (Å²) in [7, 11) is 0. The molecule has 0 aromatic carbocycles. The molecule has 0 radical (unpaired) electrons. The third-order valence-corrected chi connectivity index (χ3v) is 4.25. The number of nitrogens with zero attached hydrogens (tertiary/aromatic N) is 1. The Morgan fingerprint density at radius 2 is 1.84 bits per heavy atom. The summed E-state index contributed by atoms with van der Waals surface area (Å²) < 4.78 is 0. The van der Waals surface area contributed by atoms with Gasteiger partial charge in [-0.25, -0.2) is 0 Å². The molecule has 4 N–H and O–H groups in total. The highest BCUT2D eigenvalue weighted by Gasteiger charge is 2.41. The molecule has 0 spiro atoms. The second-order valence-corrected chi connectivity index (χ2v) is 5.67. The molecule has 0 aromatic heterocycles. The number of unbranched alkanes of at least 4 members (excludes halogenated alkanes) is 1. The van der Waals surface area contributed by atoms with Crippen molar-refractivity contribution in [2.24, 2.45) is 5.92 Å². The lowest BCUT2D eigenvalue weighted by molar-refractivity contribution is -0.147. The SMILES string of the molecule is CCCCC(CC)CN1CC(O)C(O)C(O)C1CO. The molecule has 0 saturated carbocycles. The van der Waals surface area contributed by atoms with E-state index >= 15 is 0 Å². The van der Waals surface area contributed by atoms with Gasteiger partial charge in [0.1, 0.15) is 12.2 Å². The maximum atomic E-state index is 9.93. The van der Waals surface area contributed by atoms with Crippen LogP contribution in [-0.4, -0.2) is 69.4 Å². The first-order chi connectivity index (χ1) is 9.04. The summed E-state index contributed by atoms with van der Waals surface area (Å²) in [5.41, 5.74) is 0. The van der Waals surface area contributed by atoms with Crippen molar-refractivity contribution in [3.8, 4) is 0 Å². The summed E-state index contributed by atoms with van der Waals surface area (Å²) in [6, 6.07) is -0.478. The normalized spacial score (nSPS) is 34.4. The minimum Gasteiger partial charge on any atom is -0.395 e. The maximum Gasteiger partial charge on any atom is 0.109 e. The minimum absolute atomic E-state index is 0.199. The molecule has 1 heterocycles. The number of aliphatic hydroxyl groups excluding tert-OH is 4. The highest BCUT2D eigenvalue weighted by Crippen LogP contribution is 2.22. The molecule has 114 valence electrons. The zero-order chi connectivity index (χ0) is 14.4. The van der Waals surface area contributed by atoms with Gasteiger partial charge in [-0.05, 0) is 12.3 Å². The standard InChI is InChI=1S/C14H29NO4/c1-3-5-6-10(4-2)7-15-8-12(17)14(19)13(18)11(15)9-16/h10-14,16-19H,3-9H2,1-2H3. The van der Waals surface area contributed by atoms with E-state index in [0.717, 1.165) is 25.8 Å². The van der Waals surface area contributed by atoms with Gasteiger partial charge in [0.25, 0.3) is 0 Å². The third kappa shape index (κ3) is 4.39. The summed E-state index contributed by atoms with van der Waals surface area (Å²) in [5, 5.41) is 38.8. The molecular weight excluding hydrogens is 246 g/mol. The van der Waals surface area contributed by atoms with Gasteiger partial charge in [0.2, 0.25) is 0 Å². The van der Waals surface area contributed by atoms with Crippen molar-refractivity contribution >= 4 is 0 Å². The summed E-state index contributed by atoms with van der Waals surface area (Å²) in [4.78, 5) is 1.92. The molecule has 5 nitrogen and oxygen atoms in total. The van der Waals surface area contributed by atoms with Crippen LogP contribution in [0.2, 0.25) is 0 Å². The lowest BCUT2D eigenvalue weighted by atomic mass is 9.91. The van der Waals surface area contributed by atoms with E-state index in [1.807, 2.05) is 4.90 Å². The van der Waals surface area contributed by atoms with E-state index in [0.29, 0.717) is 12.5 Å². The van der Waals surface area contributed by atoms with E-state index in [4.69, 9.17) is 0 Å². The zero-order valence-corrected chi connectivity index (χ0v) is 12.1. The fourth-order valence-electron chi connectivity index (χ4n) is 2.84. The van der Waals surface area contributed by atoms with E-state index in [-0.39, 0.29) is 6.61 Å². The Morgan fingerprint density at radius 3 is 2.37 bits per heavy atom. The molecule has 1 rings (SSSR count). The van der Waals surface area contributed by atoms with Crippen LogP contribution in [0.15, 0.2) is 0 Å². The zero-order valence-electron chi connectivity index (χ0n) is 12.1. The number of piperidine rings is 1. The molecule has 5 atom stereocenters. The molecule has 0 aromatic rings. The second-order valence-electron chi connectivity index (χ2n) is 5.67. The van der Waals surface area contributed by atoms with Gasteiger partial charge in [0, 0.05) is 13.1 Å². The fraction of sp³-hybridized carbons (Fsp3) is 1.00. The molecule has 1 saturated heterocycles. The Kier molecular flexibility index (Phi) is 7.25. The van der Waals surface area contributed by atoms with E-state index in [1.165, 1.54) is 6.42 Å². The third-order valence-electron chi connectivity index (χ3n) is 4.25. The first-order valence-corrected chi connectivity index (χ1v) is 7.44. The molecule has 5 unspecified atom stereocenters.